The quantitative estimate of drug-likeness (QED) is 0.858. The van der Waals surface area contributed by atoms with Crippen LogP contribution in [-0.4, -0.2) is 36.7 Å². The minimum atomic E-state index is -1.14. The van der Waals surface area contributed by atoms with Gasteiger partial charge >= 0.3 is 5.97 Å². The second-order valence-electron chi connectivity index (χ2n) is 6.92. The van der Waals surface area contributed by atoms with Crippen molar-refractivity contribution in [3.8, 4) is 5.75 Å². The van der Waals surface area contributed by atoms with Crippen LogP contribution in [0.25, 0.3) is 0 Å². The predicted molar refractivity (Wildman–Crippen MR) is 90.1 cm³/mol. The van der Waals surface area contributed by atoms with E-state index in [-0.39, 0.29) is 11.7 Å². The van der Waals surface area contributed by atoms with Crippen LogP contribution in [-0.2, 0) is 16.0 Å². The van der Waals surface area contributed by atoms with Crippen LogP contribution in [0.2, 0.25) is 0 Å². The molecule has 0 amide bonds. The third kappa shape index (κ3) is 3.22. The molecule has 2 rings (SSSR count). The first kappa shape index (κ1) is 18.2. The Labute approximate surface area is 142 Å². The maximum Gasteiger partial charge on any atom is 0.337 e. The number of esters is 1. The molecule has 5 nitrogen and oxygen atoms in total. The Morgan fingerprint density at radius 1 is 1.25 bits per heavy atom. The van der Waals surface area contributed by atoms with Crippen LogP contribution in [0.4, 0.5) is 0 Å². The van der Waals surface area contributed by atoms with E-state index in [1.54, 1.807) is 38.3 Å². The highest BCUT2D eigenvalue weighted by molar-refractivity contribution is 5.96. The summed E-state index contributed by atoms with van der Waals surface area (Å²) in [7, 11) is 2.87. The molecule has 1 aliphatic rings. The molecule has 5 heteroatoms. The van der Waals surface area contributed by atoms with Gasteiger partial charge in [0.25, 0.3) is 0 Å². The number of hydrogen-bond donors (Lipinski definition) is 1. The zero-order valence-corrected chi connectivity index (χ0v) is 14.8. The smallest absolute Gasteiger partial charge is 0.337 e. The largest absolute Gasteiger partial charge is 0.496 e. The molecule has 0 saturated heterocycles. The number of hydrogen-bond acceptors (Lipinski definition) is 5. The number of rotatable bonds is 4. The van der Waals surface area contributed by atoms with Gasteiger partial charge in [-0.2, -0.15) is 0 Å². The Morgan fingerprint density at radius 3 is 2.50 bits per heavy atom. The lowest BCUT2D eigenvalue weighted by molar-refractivity contribution is -0.132. The van der Waals surface area contributed by atoms with Crippen molar-refractivity contribution >= 4 is 11.8 Å². The van der Waals surface area contributed by atoms with Gasteiger partial charge in [0.15, 0.2) is 5.78 Å². The summed E-state index contributed by atoms with van der Waals surface area (Å²) in [6.45, 7) is 5.35. The number of carbonyl (C=O) groups excluding carboxylic acids is 2. The summed E-state index contributed by atoms with van der Waals surface area (Å²) in [5.74, 6) is -0.216. The molecule has 24 heavy (non-hydrogen) atoms. The number of carbonyl (C=O) groups is 2. The normalized spacial score (nSPS) is 25.4. The van der Waals surface area contributed by atoms with E-state index in [1.165, 1.54) is 13.2 Å². The highest BCUT2D eigenvalue weighted by Gasteiger charge is 2.47. The van der Waals surface area contributed by atoms with Gasteiger partial charge in [0, 0.05) is 11.3 Å². The molecular weight excluding hydrogens is 308 g/mol. The van der Waals surface area contributed by atoms with E-state index in [9.17, 15) is 14.7 Å². The number of methoxy groups -OCH3 is 2. The molecule has 1 N–H and O–H groups in total. The van der Waals surface area contributed by atoms with E-state index in [2.05, 4.69) is 0 Å². The zero-order valence-electron chi connectivity index (χ0n) is 14.8. The molecule has 0 saturated carbocycles. The van der Waals surface area contributed by atoms with Crippen LogP contribution < -0.4 is 4.74 Å². The molecule has 130 valence electrons. The van der Waals surface area contributed by atoms with E-state index >= 15 is 0 Å². The number of ether oxygens (including phenoxy) is 2. The summed E-state index contributed by atoms with van der Waals surface area (Å²) < 4.78 is 10.1. The van der Waals surface area contributed by atoms with Crippen LogP contribution in [0.3, 0.4) is 0 Å². The van der Waals surface area contributed by atoms with E-state index in [0.717, 1.165) is 5.56 Å². The van der Waals surface area contributed by atoms with Crippen molar-refractivity contribution in [1.82, 2.24) is 0 Å². The van der Waals surface area contributed by atoms with E-state index in [4.69, 9.17) is 9.47 Å². The molecule has 1 aliphatic carbocycles. The first-order valence-corrected chi connectivity index (χ1v) is 7.84. The van der Waals surface area contributed by atoms with Crippen molar-refractivity contribution in [3.63, 3.8) is 0 Å². The topological polar surface area (TPSA) is 72.8 Å². The lowest BCUT2D eigenvalue weighted by atomic mass is 9.62. The highest BCUT2D eigenvalue weighted by atomic mass is 16.5. The molecule has 0 bridgehead atoms. The van der Waals surface area contributed by atoms with Gasteiger partial charge in [-0.15, -0.1) is 0 Å². The highest BCUT2D eigenvalue weighted by Crippen LogP contribution is 2.43. The molecule has 0 aliphatic heterocycles. The monoisotopic (exact) mass is 332 g/mol. The third-order valence-electron chi connectivity index (χ3n) is 4.91. The molecule has 0 unspecified atom stereocenters. The number of benzene rings is 1. The SMILES string of the molecule is COC(=O)c1ccc(OC)c(C[C@H]2C(C)(C)C(=O)C=C[C@]2(C)O)c1. The number of aliphatic hydroxyl groups is 1. The summed E-state index contributed by atoms with van der Waals surface area (Å²) >= 11 is 0. The molecule has 2 atom stereocenters. The van der Waals surface area contributed by atoms with E-state index in [1.807, 2.05) is 13.8 Å². The molecule has 0 aromatic heterocycles. The van der Waals surface area contributed by atoms with Gasteiger partial charge in [-0.05, 0) is 49.3 Å². The van der Waals surface area contributed by atoms with Gasteiger partial charge in [0.05, 0.1) is 25.4 Å². The fraction of sp³-hybridized carbons (Fsp3) is 0.474. The molecule has 0 heterocycles. The van der Waals surface area contributed by atoms with Gasteiger partial charge < -0.3 is 14.6 Å². The first-order valence-electron chi connectivity index (χ1n) is 7.84. The second-order valence-corrected chi connectivity index (χ2v) is 6.92. The van der Waals surface area contributed by atoms with Gasteiger partial charge in [0.2, 0.25) is 0 Å². The molecule has 0 fully saturated rings. The standard InChI is InChI=1S/C19H24O5/c1-18(2)15(19(3,22)9-8-16(18)20)11-13-10-12(17(21)24-5)6-7-14(13)23-4/h6-10,15,22H,11H2,1-5H3/t15-,19-/m0/s1. The van der Waals surface area contributed by atoms with Crippen LogP contribution >= 0.6 is 0 Å². The fourth-order valence-electron chi connectivity index (χ4n) is 3.34. The molecule has 0 spiro atoms. The average Bonchev–Trinajstić information content (AvgIpc) is 2.55. The van der Waals surface area contributed by atoms with Crippen molar-refractivity contribution in [2.45, 2.75) is 32.8 Å². The lowest BCUT2D eigenvalue weighted by Gasteiger charge is -2.43. The second kappa shape index (κ2) is 6.40. The Balaban J connectivity index is 2.46. The average molecular weight is 332 g/mol. The van der Waals surface area contributed by atoms with Crippen LogP contribution in [0.15, 0.2) is 30.4 Å². The summed E-state index contributed by atoms with van der Waals surface area (Å²) in [6.07, 6.45) is 3.38. The van der Waals surface area contributed by atoms with Gasteiger partial charge in [-0.1, -0.05) is 13.8 Å². The summed E-state index contributed by atoms with van der Waals surface area (Å²) in [6, 6.07) is 5.02. The zero-order chi connectivity index (χ0) is 18.1. The molecular formula is C19H24O5. The number of ketones is 1. The van der Waals surface area contributed by atoms with Crippen molar-refractivity contribution in [2.24, 2.45) is 11.3 Å². The minimum absolute atomic E-state index is 0.0258. The van der Waals surface area contributed by atoms with Gasteiger partial charge in [-0.25, -0.2) is 4.79 Å². The van der Waals surface area contributed by atoms with E-state index in [0.29, 0.717) is 17.7 Å². The summed E-state index contributed by atoms with van der Waals surface area (Å²) in [5.41, 5.74) is -0.709. The van der Waals surface area contributed by atoms with Crippen molar-refractivity contribution < 1.29 is 24.2 Å². The number of allylic oxidation sites excluding steroid dienone is 1. The Bertz CT molecular complexity index is 685. The Kier molecular flexibility index (Phi) is 4.85. The summed E-state index contributed by atoms with van der Waals surface area (Å²) in [5, 5.41) is 10.8. The Hall–Kier alpha value is -2.14. The molecule has 0 radical (unpaired) electrons. The van der Waals surface area contributed by atoms with Crippen molar-refractivity contribution in [2.75, 3.05) is 14.2 Å². The summed E-state index contributed by atoms with van der Waals surface area (Å²) in [4.78, 5) is 24.1. The van der Waals surface area contributed by atoms with Crippen LogP contribution in [0, 0.1) is 11.3 Å². The predicted octanol–water partition coefficient (Wildman–Crippen LogP) is 2.56. The van der Waals surface area contributed by atoms with Crippen LogP contribution in [0.5, 0.6) is 5.75 Å². The maximum atomic E-state index is 12.3. The maximum absolute atomic E-state index is 12.3. The van der Waals surface area contributed by atoms with E-state index < -0.39 is 17.0 Å². The molecule has 1 aromatic rings. The van der Waals surface area contributed by atoms with Gasteiger partial charge in [0.1, 0.15) is 5.75 Å². The molecule has 1 aromatic carbocycles. The fourth-order valence-corrected chi connectivity index (χ4v) is 3.34. The van der Waals surface area contributed by atoms with Crippen molar-refractivity contribution in [3.05, 3.63) is 41.5 Å². The Morgan fingerprint density at radius 2 is 1.92 bits per heavy atom. The van der Waals surface area contributed by atoms with Gasteiger partial charge in [-0.3, -0.25) is 4.79 Å². The third-order valence-corrected chi connectivity index (χ3v) is 4.91. The van der Waals surface area contributed by atoms with Crippen molar-refractivity contribution in [1.29, 1.82) is 0 Å². The minimum Gasteiger partial charge on any atom is -0.496 e. The first-order chi connectivity index (χ1) is 11.1. The lowest BCUT2D eigenvalue weighted by Crippen LogP contribution is -2.49. The van der Waals surface area contributed by atoms with Crippen LogP contribution in [0.1, 0.15) is 36.7 Å².